The summed E-state index contributed by atoms with van der Waals surface area (Å²) in [5, 5.41) is 20.4. The van der Waals surface area contributed by atoms with Gasteiger partial charge in [-0.1, -0.05) is 45.9 Å². The van der Waals surface area contributed by atoms with E-state index in [1.807, 2.05) is 70.6 Å². The van der Waals surface area contributed by atoms with E-state index in [2.05, 4.69) is 31.4 Å². The van der Waals surface area contributed by atoms with Gasteiger partial charge in [0.15, 0.2) is 16.7 Å². The van der Waals surface area contributed by atoms with Gasteiger partial charge in [-0.05, 0) is 65.5 Å². The zero-order valence-electron chi connectivity index (χ0n) is 22.8. The number of nitrogens with zero attached hydrogens (tertiary/aromatic N) is 5. The molecular weight excluding hydrogens is 652 g/mol. The Labute approximate surface area is 263 Å². The number of aromatic nitrogens is 3. The predicted molar refractivity (Wildman–Crippen MR) is 168 cm³/mol. The largest absolute Gasteiger partial charge is 0.497 e. The molecular formula is C30H25BrN6O4S2. The van der Waals surface area contributed by atoms with Gasteiger partial charge in [-0.15, -0.1) is 21.5 Å². The van der Waals surface area contributed by atoms with E-state index in [4.69, 9.17) is 14.3 Å². The monoisotopic (exact) mass is 676 g/mol. The van der Waals surface area contributed by atoms with Crippen LogP contribution >= 0.6 is 39.0 Å². The van der Waals surface area contributed by atoms with Gasteiger partial charge in [-0.25, -0.2) is 5.01 Å². The average molecular weight is 678 g/mol. The summed E-state index contributed by atoms with van der Waals surface area (Å²) >= 11 is 6.34. The highest BCUT2D eigenvalue weighted by atomic mass is 79.9. The second kappa shape index (κ2) is 13.0. The number of ether oxygens (including phenoxy) is 1. The number of carbonyl (C=O) groups excluding carboxylic acids is 2. The molecule has 0 bridgehead atoms. The van der Waals surface area contributed by atoms with Gasteiger partial charge in [0.25, 0.3) is 11.8 Å². The second-order valence-corrected chi connectivity index (χ2v) is 12.2. The standard InChI is InChI=1S/C30H25BrN6O4S2/c1-40-22-12-6-19(7-13-22)24-16-23(26-5-3-15-42-26)35-37(24)28(38)18-43-30-34-33-27(17-32-29(39)25-4-2-14-41-25)36(30)21-10-8-20(31)9-11-21/h2-15,24H,16-18H2,1H3,(H,32,39). The fourth-order valence-corrected chi connectivity index (χ4v) is 6.43. The Morgan fingerprint density at radius 1 is 1.09 bits per heavy atom. The number of furan rings is 1. The molecule has 0 spiro atoms. The molecule has 218 valence electrons. The number of nitrogens with one attached hydrogen (secondary N) is 1. The summed E-state index contributed by atoms with van der Waals surface area (Å²) in [6.45, 7) is 0.108. The molecule has 1 N–H and O–H groups in total. The molecule has 43 heavy (non-hydrogen) atoms. The van der Waals surface area contributed by atoms with Gasteiger partial charge in [-0.3, -0.25) is 14.2 Å². The highest BCUT2D eigenvalue weighted by molar-refractivity contribution is 9.10. The molecule has 5 aromatic rings. The Hall–Kier alpha value is -4.20. The maximum atomic E-state index is 13.7. The molecule has 0 aliphatic carbocycles. The summed E-state index contributed by atoms with van der Waals surface area (Å²) in [6, 6.07) is 22.4. The Morgan fingerprint density at radius 3 is 2.60 bits per heavy atom. The zero-order chi connectivity index (χ0) is 29.8. The molecule has 1 aliphatic rings. The van der Waals surface area contributed by atoms with Crippen LogP contribution < -0.4 is 10.1 Å². The fourth-order valence-electron chi connectivity index (χ4n) is 4.62. The summed E-state index contributed by atoms with van der Waals surface area (Å²) in [7, 11) is 1.63. The van der Waals surface area contributed by atoms with E-state index >= 15 is 0 Å². The number of carbonyl (C=O) groups is 2. The lowest BCUT2D eigenvalue weighted by Gasteiger charge is -2.22. The first-order valence-corrected chi connectivity index (χ1v) is 15.9. The molecule has 1 unspecified atom stereocenters. The minimum Gasteiger partial charge on any atom is -0.497 e. The summed E-state index contributed by atoms with van der Waals surface area (Å²) in [4.78, 5) is 27.3. The highest BCUT2D eigenvalue weighted by Gasteiger charge is 2.33. The molecule has 0 saturated carbocycles. The zero-order valence-corrected chi connectivity index (χ0v) is 26.1. The van der Waals surface area contributed by atoms with Crippen LogP contribution in [0.2, 0.25) is 0 Å². The second-order valence-electron chi connectivity index (χ2n) is 9.41. The van der Waals surface area contributed by atoms with Gasteiger partial charge in [0.2, 0.25) is 0 Å². The van der Waals surface area contributed by atoms with E-state index in [9.17, 15) is 9.59 Å². The number of thiophene rings is 1. The minimum absolute atomic E-state index is 0.0846. The number of rotatable bonds is 10. The predicted octanol–water partition coefficient (Wildman–Crippen LogP) is 6.09. The van der Waals surface area contributed by atoms with Crippen molar-refractivity contribution in [3.8, 4) is 11.4 Å². The van der Waals surface area contributed by atoms with Crippen LogP contribution in [0.1, 0.15) is 39.3 Å². The number of hydrogen-bond acceptors (Lipinski definition) is 9. The van der Waals surface area contributed by atoms with E-state index in [0.717, 1.165) is 32.1 Å². The Bertz CT molecular complexity index is 1740. The van der Waals surface area contributed by atoms with Crippen molar-refractivity contribution in [3.63, 3.8) is 0 Å². The summed E-state index contributed by atoms with van der Waals surface area (Å²) in [5.41, 5.74) is 2.64. The average Bonchev–Trinajstić information content (AvgIpc) is 3.86. The minimum atomic E-state index is -0.363. The Morgan fingerprint density at radius 2 is 1.91 bits per heavy atom. The van der Waals surface area contributed by atoms with Crippen molar-refractivity contribution in [2.75, 3.05) is 12.9 Å². The van der Waals surface area contributed by atoms with Crippen LogP contribution in [0.25, 0.3) is 5.69 Å². The van der Waals surface area contributed by atoms with E-state index < -0.39 is 0 Å². The number of hydrogen-bond donors (Lipinski definition) is 1. The topological polar surface area (TPSA) is 115 Å². The van der Waals surface area contributed by atoms with E-state index in [0.29, 0.717) is 17.4 Å². The van der Waals surface area contributed by atoms with Crippen LogP contribution in [-0.4, -0.2) is 50.2 Å². The summed E-state index contributed by atoms with van der Waals surface area (Å²) < 4.78 is 13.3. The summed E-state index contributed by atoms with van der Waals surface area (Å²) in [6.07, 6.45) is 2.05. The SMILES string of the molecule is COc1ccc(C2CC(c3cccs3)=NN2C(=O)CSc2nnc(CNC(=O)c3ccco3)n2-c2ccc(Br)cc2)cc1. The van der Waals surface area contributed by atoms with Gasteiger partial charge >= 0.3 is 0 Å². The third kappa shape index (κ3) is 6.43. The maximum Gasteiger partial charge on any atom is 0.287 e. The van der Waals surface area contributed by atoms with Gasteiger partial charge in [-0.2, -0.15) is 5.10 Å². The Balaban J connectivity index is 1.23. The molecule has 4 heterocycles. The molecule has 0 fully saturated rings. The van der Waals surface area contributed by atoms with E-state index in [-0.39, 0.29) is 35.9 Å². The van der Waals surface area contributed by atoms with Gasteiger partial charge in [0, 0.05) is 16.6 Å². The number of methoxy groups -OCH3 is 1. The number of halogens is 1. The lowest BCUT2D eigenvalue weighted by molar-refractivity contribution is -0.130. The van der Waals surface area contributed by atoms with Gasteiger partial charge < -0.3 is 14.5 Å². The lowest BCUT2D eigenvalue weighted by atomic mass is 10.0. The smallest absolute Gasteiger partial charge is 0.287 e. The van der Waals surface area contributed by atoms with Crippen molar-refractivity contribution < 1.29 is 18.7 Å². The highest BCUT2D eigenvalue weighted by Crippen LogP contribution is 2.35. The first kappa shape index (κ1) is 28.9. The number of thioether (sulfide) groups is 1. The van der Waals surface area contributed by atoms with Crippen molar-refractivity contribution in [2.24, 2.45) is 5.10 Å². The van der Waals surface area contributed by atoms with Crippen LogP contribution in [0, 0.1) is 0 Å². The van der Waals surface area contributed by atoms with Crippen molar-refractivity contribution in [1.82, 2.24) is 25.1 Å². The van der Waals surface area contributed by atoms with Gasteiger partial charge in [0.05, 0.1) is 42.3 Å². The van der Waals surface area contributed by atoms with Crippen LogP contribution in [0.4, 0.5) is 0 Å². The van der Waals surface area contributed by atoms with Crippen molar-refractivity contribution in [2.45, 2.75) is 24.2 Å². The molecule has 2 amide bonds. The molecule has 3 aromatic heterocycles. The van der Waals surface area contributed by atoms with E-state index in [1.54, 1.807) is 35.6 Å². The van der Waals surface area contributed by atoms with Crippen LogP contribution in [0.3, 0.4) is 0 Å². The molecule has 13 heteroatoms. The molecule has 1 aliphatic heterocycles. The molecule has 2 aromatic carbocycles. The molecule has 0 radical (unpaired) electrons. The van der Waals surface area contributed by atoms with Crippen molar-refractivity contribution >= 4 is 56.6 Å². The molecule has 6 rings (SSSR count). The normalized spacial score (nSPS) is 14.5. The third-order valence-electron chi connectivity index (χ3n) is 6.73. The fraction of sp³-hybridized carbons (Fsp3) is 0.167. The van der Waals surface area contributed by atoms with Crippen LogP contribution in [-0.2, 0) is 11.3 Å². The number of benzene rings is 2. The van der Waals surface area contributed by atoms with Crippen LogP contribution in [0.15, 0.2) is 104 Å². The van der Waals surface area contributed by atoms with E-state index in [1.165, 1.54) is 18.0 Å². The first-order chi connectivity index (χ1) is 21.0. The molecule has 1 atom stereocenters. The lowest BCUT2D eigenvalue weighted by Crippen LogP contribution is -2.28. The first-order valence-electron chi connectivity index (χ1n) is 13.2. The van der Waals surface area contributed by atoms with Crippen molar-refractivity contribution in [3.05, 3.63) is 111 Å². The number of amides is 2. The quantitative estimate of drug-likeness (QED) is 0.178. The van der Waals surface area contributed by atoms with Crippen LogP contribution in [0.5, 0.6) is 5.75 Å². The summed E-state index contributed by atoms with van der Waals surface area (Å²) in [5.74, 6) is 1.02. The Kier molecular flexibility index (Phi) is 8.72. The van der Waals surface area contributed by atoms with Gasteiger partial charge in [0.1, 0.15) is 5.75 Å². The molecule has 0 saturated heterocycles. The van der Waals surface area contributed by atoms with Crippen molar-refractivity contribution in [1.29, 1.82) is 0 Å². The third-order valence-corrected chi connectivity index (χ3v) is 9.10. The maximum absolute atomic E-state index is 13.7. The molecule has 10 nitrogen and oxygen atoms in total. The number of hydrazone groups is 1.